The molecule has 0 atom stereocenters. The number of benzene rings is 1. The fourth-order valence-electron chi connectivity index (χ4n) is 2.25. The predicted molar refractivity (Wildman–Crippen MR) is 84.7 cm³/mol. The van der Waals surface area contributed by atoms with Crippen molar-refractivity contribution >= 4 is 23.2 Å². The van der Waals surface area contributed by atoms with Crippen LogP contribution in [0.15, 0.2) is 53.8 Å². The van der Waals surface area contributed by atoms with Crippen LogP contribution < -0.4 is 5.43 Å². The lowest BCUT2D eigenvalue weighted by Crippen LogP contribution is -2.26. The summed E-state index contributed by atoms with van der Waals surface area (Å²) in [5.41, 5.74) is 3.08. The number of hydrogen-bond acceptors (Lipinski definition) is 4. The highest BCUT2D eigenvalue weighted by Gasteiger charge is 2.37. The number of nitrogens with one attached hydrogen (secondary N) is 1. The summed E-state index contributed by atoms with van der Waals surface area (Å²) in [5, 5.41) is 3.69. The first-order valence-corrected chi connectivity index (χ1v) is 7.20. The van der Waals surface area contributed by atoms with Gasteiger partial charge in [0.25, 0.3) is 5.91 Å². The molecule has 2 heterocycles. The third kappa shape index (κ3) is 3.82. The molecule has 0 spiro atoms. The number of pyridine rings is 1. The number of carbonyl (C=O) groups is 1. The van der Waals surface area contributed by atoms with Gasteiger partial charge in [-0.1, -0.05) is 18.2 Å². The Morgan fingerprint density at radius 3 is 2.68 bits per heavy atom. The van der Waals surface area contributed by atoms with E-state index in [9.17, 15) is 18.0 Å². The van der Waals surface area contributed by atoms with Crippen LogP contribution in [0.3, 0.4) is 0 Å². The molecule has 1 amide bonds. The third-order valence-electron chi connectivity index (χ3n) is 3.28. The Morgan fingerprint density at radius 1 is 1.20 bits per heavy atom. The van der Waals surface area contributed by atoms with Gasteiger partial charge in [-0.15, -0.1) is 0 Å². The van der Waals surface area contributed by atoms with Crippen LogP contribution in [0.2, 0.25) is 0 Å². The number of halogens is 3. The number of imidazole rings is 1. The summed E-state index contributed by atoms with van der Waals surface area (Å²) < 4.78 is 40.3. The third-order valence-corrected chi connectivity index (χ3v) is 3.28. The van der Waals surface area contributed by atoms with Crippen LogP contribution in [0.5, 0.6) is 0 Å². The molecular formula is C16H12F3N5O. The second-order valence-electron chi connectivity index (χ2n) is 5.06. The van der Waals surface area contributed by atoms with Crippen LogP contribution in [-0.4, -0.2) is 26.7 Å². The molecule has 0 saturated carbocycles. The lowest BCUT2D eigenvalue weighted by Gasteiger charge is -2.10. The van der Waals surface area contributed by atoms with Crippen LogP contribution >= 0.6 is 0 Å². The molecule has 9 heteroatoms. The molecule has 0 aliphatic heterocycles. The summed E-state index contributed by atoms with van der Waals surface area (Å²) >= 11 is 0. The van der Waals surface area contributed by atoms with E-state index in [2.05, 4.69) is 20.5 Å². The van der Waals surface area contributed by atoms with Crippen molar-refractivity contribution in [2.75, 3.05) is 0 Å². The minimum Gasteiger partial charge on any atom is -0.311 e. The number of fused-ring (bicyclic) bond motifs is 1. The van der Waals surface area contributed by atoms with Gasteiger partial charge in [-0.05, 0) is 24.3 Å². The summed E-state index contributed by atoms with van der Waals surface area (Å²) in [4.78, 5) is 19.5. The zero-order valence-electron chi connectivity index (χ0n) is 12.7. The van der Waals surface area contributed by atoms with Gasteiger partial charge in [-0.3, -0.25) is 9.78 Å². The monoisotopic (exact) mass is 347 g/mol. The Balaban J connectivity index is 1.80. The average Bonchev–Trinajstić information content (AvgIpc) is 2.95. The van der Waals surface area contributed by atoms with Gasteiger partial charge in [0.15, 0.2) is 0 Å². The molecule has 0 unspecified atom stereocenters. The first-order valence-electron chi connectivity index (χ1n) is 7.20. The maximum absolute atomic E-state index is 13.2. The topological polar surface area (TPSA) is 72.2 Å². The number of alkyl halides is 3. The van der Waals surface area contributed by atoms with E-state index in [0.717, 1.165) is 4.57 Å². The molecule has 3 aromatic rings. The zero-order chi connectivity index (χ0) is 17.9. The molecule has 2 aromatic heterocycles. The van der Waals surface area contributed by atoms with E-state index in [1.807, 2.05) is 0 Å². The van der Waals surface area contributed by atoms with Crippen LogP contribution in [0, 0.1) is 0 Å². The number of carbonyl (C=O) groups excluding carboxylic acids is 1. The van der Waals surface area contributed by atoms with Crippen LogP contribution in [-0.2, 0) is 17.5 Å². The van der Waals surface area contributed by atoms with Gasteiger partial charge >= 0.3 is 6.18 Å². The number of hydrogen-bond donors (Lipinski definition) is 1. The molecule has 1 N–H and O–H groups in total. The van der Waals surface area contributed by atoms with Crippen molar-refractivity contribution in [3.8, 4) is 0 Å². The van der Waals surface area contributed by atoms with E-state index in [0.29, 0.717) is 5.69 Å². The van der Waals surface area contributed by atoms with E-state index in [1.54, 1.807) is 36.5 Å². The summed E-state index contributed by atoms with van der Waals surface area (Å²) in [6, 6.07) is 11.2. The van der Waals surface area contributed by atoms with E-state index in [1.165, 1.54) is 18.3 Å². The van der Waals surface area contributed by atoms with E-state index in [-0.39, 0.29) is 11.0 Å². The van der Waals surface area contributed by atoms with Gasteiger partial charge in [0.1, 0.15) is 6.54 Å². The van der Waals surface area contributed by atoms with Crippen molar-refractivity contribution in [1.29, 1.82) is 0 Å². The van der Waals surface area contributed by atoms with Crippen molar-refractivity contribution in [2.24, 2.45) is 5.10 Å². The molecule has 0 aliphatic carbocycles. The maximum atomic E-state index is 13.2. The highest BCUT2D eigenvalue weighted by Crippen LogP contribution is 2.31. The van der Waals surface area contributed by atoms with Gasteiger partial charge in [0, 0.05) is 6.20 Å². The van der Waals surface area contributed by atoms with Crippen molar-refractivity contribution in [3.63, 3.8) is 0 Å². The molecule has 0 bridgehead atoms. The smallest absolute Gasteiger partial charge is 0.311 e. The zero-order valence-corrected chi connectivity index (χ0v) is 12.7. The van der Waals surface area contributed by atoms with E-state index in [4.69, 9.17) is 0 Å². The fraction of sp³-hybridized carbons (Fsp3) is 0.125. The fourth-order valence-corrected chi connectivity index (χ4v) is 2.25. The summed E-state index contributed by atoms with van der Waals surface area (Å²) in [6.07, 6.45) is -1.82. The number of rotatable bonds is 4. The minimum atomic E-state index is -4.67. The Morgan fingerprint density at radius 2 is 1.96 bits per heavy atom. The first kappa shape index (κ1) is 16.6. The van der Waals surface area contributed by atoms with Gasteiger partial charge < -0.3 is 4.57 Å². The molecule has 0 fully saturated rings. The standard InChI is InChI=1S/C16H12F3N5O/c17-16(18,19)15-22-12-6-1-2-7-13(12)24(15)10-14(25)23-21-9-11-5-3-4-8-20-11/h1-9H,10H2,(H,23,25). The number of amides is 1. The second-order valence-corrected chi connectivity index (χ2v) is 5.06. The maximum Gasteiger partial charge on any atom is 0.449 e. The largest absolute Gasteiger partial charge is 0.449 e. The number of nitrogens with zero attached hydrogens (tertiary/aromatic N) is 4. The molecule has 128 valence electrons. The van der Waals surface area contributed by atoms with Gasteiger partial charge in [0.05, 0.1) is 22.9 Å². The lowest BCUT2D eigenvalue weighted by atomic mass is 10.3. The molecule has 0 saturated heterocycles. The predicted octanol–water partition coefficient (Wildman–Crippen LogP) is 2.60. The van der Waals surface area contributed by atoms with Crippen molar-refractivity contribution in [1.82, 2.24) is 20.0 Å². The summed E-state index contributed by atoms with van der Waals surface area (Å²) in [7, 11) is 0. The quantitative estimate of drug-likeness (QED) is 0.582. The van der Waals surface area contributed by atoms with Gasteiger partial charge in [0.2, 0.25) is 5.82 Å². The number of hydrazone groups is 1. The van der Waals surface area contributed by atoms with E-state index >= 15 is 0 Å². The average molecular weight is 347 g/mol. The molecule has 25 heavy (non-hydrogen) atoms. The SMILES string of the molecule is O=C(Cn1c(C(F)(F)F)nc2ccccc21)NN=Cc1ccccn1. The first-order chi connectivity index (χ1) is 11.9. The van der Waals surface area contributed by atoms with Crippen molar-refractivity contribution in [3.05, 3.63) is 60.2 Å². The van der Waals surface area contributed by atoms with Crippen molar-refractivity contribution < 1.29 is 18.0 Å². The summed E-state index contributed by atoms with van der Waals surface area (Å²) in [6.45, 7) is -0.561. The molecule has 6 nitrogen and oxygen atoms in total. The number of para-hydroxylation sites is 2. The normalized spacial score (nSPS) is 12.0. The van der Waals surface area contributed by atoms with Crippen LogP contribution in [0.4, 0.5) is 13.2 Å². The molecule has 1 aromatic carbocycles. The van der Waals surface area contributed by atoms with E-state index < -0.39 is 24.5 Å². The van der Waals surface area contributed by atoms with Gasteiger partial charge in [-0.2, -0.15) is 18.3 Å². The number of aromatic nitrogens is 3. The second kappa shape index (κ2) is 6.71. The molecule has 3 rings (SSSR count). The van der Waals surface area contributed by atoms with Crippen LogP contribution in [0.1, 0.15) is 11.5 Å². The highest BCUT2D eigenvalue weighted by molar-refractivity contribution is 5.83. The Hall–Kier alpha value is -3.23. The van der Waals surface area contributed by atoms with Crippen LogP contribution in [0.25, 0.3) is 11.0 Å². The molecular weight excluding hydrogens is 335 g/mol. The van der Waals surface area contributed by atoms with Crippen molar-refractivity contribution in [2.45, 2.75) is 12.7 Å². The highest BCUT2D eigenvalue weighted by atomic mass is 19.4. The minimum absolute atomic E-state index is 0.166. The molecule has 0 radical (unpaired) electrons. The van der Waals surface area contributed by atoms with Gasteiger partial charge in [-0.25, -0.2) is 10.4 Å². The Labute approximate surface area is 140 Å². The molecule has 0 aliphatic rings. The Kier molecular flexibility index (Phi) is 4.46. The summed E-state index contributed by atoms with van der Waals surface area (Å²) in [5.74, 6) is -1.83. The Bertz CT molecular complexity index is 918. The lowest BCUT2D eigenvalue weighted by molar-refractivity contribution is -0.147.